The van der Waals surface area contributed by atoms with Crippen LogP contribution in [0.1, 0.15) is 54.1 Å². The van der Waals surface area contributed by atoms with E-state index in [9.17, 15) is 14.7 Å². The van der Waals surface area contributed by atoms with Crippen molar-refractivity contribution in [2.45, 2.75) is 46.1 Å². The van der Waals surface area contributed by atoms with Gasteiger partial charge in [0.05, 0.1) is 11.6 Å². The minimum atomic E-state index is -0.794. The molecule has 0 unspecified atom stereocenters. The number of nitrogens with zero attached hydrogens (tertiary/aromatic N) is 3. The van der Waals surface area contributed by atoms with Crippen molar-refractivity contribution in [3.05, 3.63) is 81.4 Å². The zero-order valence-corrected chi connectivity index (χ0v) is 19.5. The summed E-state index contributed by atoms with van der Waals surface area (Å²) in [7, 11) is 0. The number of carbonyl (C=O) groups is 2. The molecule has 0 spiro atoms. The molecule has 1 amide bonds. The third-order valence-electron chi connectivity index (χ3n) is 5.58. The number of Topliss-reactive ketones (excluding diaryl/α,β-unsaturated/α-hetero) is 1. The van der Waals surface area contributed by atoms with E-state index in [4.69, 9.17) is 0 Å². The first-order valence-electron chi connectivity index (χ1n) is 10.4. The third kappa shape index (κ3) is 3.84. The normalized spacial score (nSPS) is 18.4. The Kier molecular flexibility index (Phi) is 5.46. The van der Waals surface area contributed by atoms with Crippen molar-refractivity contribution in [2.24, 2.45) is 0 Å². The van der Waals surface area contributed by atoms with Crippen molar-refractivity contribution in [2.75, 3.05) is 4.90 Å². The summed E-state index contributed by atoms with van der Waals surface area (Å²) in [5.74, 6) is -1.66. The zero-order valence-electron chi connectivity index (χ0n) is 18.7. The third-order valence-corrected chi connectivity index (χ3v) is 6.42. The average molecular weight is 448 g/mol. The van der Waals surface area contributed by atoms with Gasteiger partial charge in [-0.3, -0.25) is 14.5 Å². The Morgan fingerprint density at radius 1 is 0.969 bits per heavy atom. The highest BCUT2D eigenvalue weighted by molar-refractivity contribution is 7.15. The lowest BCUT2D eigenvalue weighted by Gasteiger charge is -2.24. The topological polar surface area (TPSA) is 83.4 Å². The van der Waals surface area contributed by atoms with Crippen LogP contribution in [0, 0.1) is 13.8 Å². The van der Waals surface area contributed by atoms with Gasteiger partial charge in [-0.1, -0.05) is 86.2 Å². The van der Waals surface area contributed by atoms with Gasteiger partial charge in [0, 0.05) is 5.56 Å². The molecule has 4 rings (SSSR count). The molecule has 2 aromatic carbocycles. The Balaban J connectivity index is 1.91. The van der Waals surface area contributed by atoms with Gasteiger partial charge in [0.15, 0.2) is 0 Å². The standard InChI is InChI=1S/C25H25N3O3S/c1-14-6-8-17(9-7-14)21(29)19-20(16-10-12-18(13-11-16)25(3,4)5)28(23(31)22(19)30)24-27-26-15(2)32-24/h6-13,20,29H,1-5H3/b21-19+/t20-/m1/s1. The first-order valence-corrected chi connectivity index (χ1v) is 11.2. The van der Waals surface area contributed by atoms with Crippen LogP contribution in [0.15, 0.2) is 54.1 Å². The lowest BCUT2D eigenvalue weighted by molar-refractivity contribution is -0.132. The highest BCUT2D eigenvalue weighted by Gasteiger charge is 2.48. The van der Waals surface area contributed by atoms with Crippen molar-refractivity contribution < 1.29 is 14.7 Å². The van der Waals surface area contributed by atoms with Crippen LogP contribution in [0.3, 0.4) is 0 Å². The monoisotopic (exact) mass is 447 g/mol. The van der Waals surface area contributed by atoms with Crippen molar-refractivity contribution >= 4 is 33.9 Å². The molecule has 3 aromatic rings. The number of aliphatic hydroxyl groups excluding tert-OH is 1. The van der Waals surface area contributed by atoms with E-state index in [0.29, 0.717) is 15.7 Å². The number of ketones is 1. The molecule has 0 saturated carbocycles. The van der Waals surface area contributed by atoms with E-state index >= 15 is 0 Å². The maximum absolute atomic E-state index is 13.1. The highest BCUT2D eigenvalue weighted by Crippen LogP contribution is 2.43. The summed E-state index contributed by atoms with van der Waals surface area (Å²) in [6, 6.07) is 14.2. The van der Waals surface area contributed by atoms with E-state index in [1.807, 2.05) is 43.3 Å². The number of aryl methyl sites for hydroxylation is 2. The summed E-state index contributed by atoms with van der Waals surface area (Å²) < 4.78 is 0. The van der Waals surface area contributed by atoms with Crippen LogP contribution in [0.5, 0.6) is 0 Å². The van der Waals surface area contributed by atoms with Gasteiger partial charge >= 0.3 is 5.91 Å². The average Bonchev–Trinajstić information content (AvgIpc) is 3.28. The van der Waals surface area contributed by atoms with Crippen molar-refractivity contribution in [3.8, 4) is 0 Å². The Labute approximate surface area is 191 Å². The Morgan fingerprint density at radius 2 is 1.59 bits per heavy atom. The van der Waals surface area contributed by atoms with E-state index in [2.05, 4.69) is 31.0 Å². The molecule has 1 aliphatic rings. The summed E-state index contributed by atoms with van der Waals surface area (Å²) >= 11 is 1.23. The maximum Gasteiger partial charge on any atom is 0.301 e. The van der Waals surface area contributed by atoms with Gasteiger partial charge < -0.3 is 5.11 Å². The SMILES string of the molecule is Cc1ccc(/C(O)=C2\C(=O)C(=O)N(c3nnc(C)s3)[C@@H]2c2ccc(C(C)(C)C)cc2)cc1. The number of hydrogen-bond donors (Lipinski definition) is 1. The van der Waals surface area contributed by atoms with Crippen LogP contribution in [0.4, 0.5) is 5.13 Å². The molecule has 1 aliphatic heterocycles. The van der Waals surface area contributed by atoms with Crippen molar-refractivity contribution in [1.82, 2.24) is 10.2 Å². The smallest absolute Gasteiger partial charge is 0.301 e. The Bertz CT molecular complexity index is 1220. The van der Waals surface area contributed by atoms with Crippen LogP contribution >= 0.6 is 11.3 Å². The van der Waals surface area contributed by atoms with E-state index < -0.39 is 17.7 Å². The second-order valence-electron chi connectivity index (χ2n) is 9.01. The van der Waals surface area contributed by atoms with Gasteiger partial charge in [-0.15, -0.1) is 10.2 Å². The van der Waals surface area contributed by atoms with E-state index in [1.165, 1.54) is 16.2 Å². The molecule has 1 fully saturated rings. The van der Waals surface area contributed by atoms with Crippen molar-refractivity contribution in [1.29, 1.82) is 0 Å². The number of hydrogen-bond acceptors (Lipinski definition) is 6. The number of benzene rings is 2. The molecule has 0 bridgehead atoms. The molecule has 2 heterocycles. The molecule has 1 atom stereocenters. The number of carbonyl (C=O) groups excluding carboxylic acids is 2. The maximum atomic E-state index is 13.1. The molecule has 32 heavy (non-hydrogen) atoms. The van der Waals surface area contributed by atoms with E-state index in [1.54, 1.807) is 19.1 Å². The summed E-state index contributed by atoms with van der Waals surface area (Å²) in [5, 5.41) is 20.3. The van der Waals surface area contributed by atoms with Gasteiger partial charge in [0.1, 0.15) is 10.8 Å². The zero-order chi connectivity index (χ0) is 23.2. The minimum absolute atomic E-state index is 0.0431. The number of rotatable bonds is 3. The first kappa shape index (κ1) is 21.9. The van der Waals surface area contributed by atoms with Gasteiger partial charge in [-0.05, 0) is 30.4 Å². The summed E-state index contributed by atoms with van der Waals surface area (Å²) in [6.07, 6.45) is 0. The number of amides is 1. The molecular formula is C25H25N3O3S. The Morgan fingerprint density at radius 3 is 2.12 bits per heavy atom. The second-order valence-corrected chi connectivity index (χ2v) is 10.2. The van der Waals surface area contributed by atoms with Crippen LogP contribution in [-0.2, 0) is 15.0 Å². The minimum Gasteiger partial charge on any atom is -0.507 e. The second kappa shape index (κ2) is 7.98. The first-order chi connectivity index (χ1) is 15.1. The Hall–Kier alpha value is -3.32. The lowest BCUT2D eigenvalue weighted by atomic mass is 9.85. The molecular weight excluding hydrogens is 422 g/mol. The quantitative estimate of drug-likeness (QED) is 0.344. The fraction of sp³-hybridized carbons (Fsp3) is 0.280. The molecule has 1 saturated heterocycles. The van der Waals surface area contributed by atoms with Gasteiger partial charge in [-0.25, -0.2) is 0 Å². The van der Waals surface area contributed by atoms with Crippen LogP contribution in [0.25, 0.3) is 5.76 Å². The van der Waals surface area contributed by atoms with Crippen LogP contribution in [0.2, 0.25) is 0 Å². The number of anilines is 1. The summed E-state index contributed by atoms with van der Waals surface area (Å²) in [4.78, 5) is 27.6. The molecule has 0 aliphatic carbocycles. The fourth-order valence-corrected chi connectivity index (χ4v) is 4.48. The predicted octanol–water partition coefficient (Wildman–Crippen LogP) is 5.08. The highest BCUT2D eigenvalue weighted by atomic mass is 32.1. The number of aliphatic hydroxyl groups is 1. The molecule has 1 N–H and O–H groups in total. The number of aromatic nitrogens is 2. The summed E-state index contributed by atoms with van der Waals surface area (Å²) in [6.45, 7) is 10.1. The predicted molar refractivity (Wildman–Crippen MR) is 126 cm³/mol. The van der Waals surface area contributed by atoms with Gasteiger partial charge in [0.25, 0.3) is 5.78 Å². The largest absolute Gasteiger partial charge is 0.507 e. The molecule has 0 radical (unpaired) electrons. The molecule has 1 aromatic heterocycles. The van der Waals surface area contributed by atoms with Gasteiger partial charge in [-0.2, -0.15) is 0 Å². The molecule has 7 heteroatoms. The van der Waals surface area contributed by atoms with E-state index in [0.717, 1.165) is 16.7 Å². The van der Waals surface area contributed by atoms with Crippen LogP contribution < -0.4 is 4.90 Å². The van der Waals surface area contributed by atoms with E-state index in [-0.39, 0.29) is 16.7 Å². The molecule has 6 nitrogen and oxygen atoms in total. The molecule has 164 valence electrons. The van der Waals surface area contributed by atoms with Crippen LogP contribution in [-0.4, -0.2) is 27.0 Å². The fourth-order valence-electron chi connectivity index (χ4n) is 3.76. The van der Waals surface area contributed by atoms with Crippen molar-refractivity contribution in [3.63, 3.8) is 0 Å². The summed E-state index contributed by atoms with van der Waals surface area (Å²) in [5.41, 5.74) is 3.37. The van der Waals surface area contributed by atoms with Gasteiger partial charge in [0.2, 0.25) is 5.13 Å². The lowest BCUT2D eigenvalue weighted by Crippen LogP contribution is -2.29.